The van der Waals surface area contributed by atoms with Gasteiger partial charge in [0.15, 0.2) is 11.5 Å². The zero-order valence-corrected chi connectivity index (χ0v) is 19.4. The number of aliphatic imine (C=N–C) groups is 1. The fourth-order valence-corrected chi connectivity index (χ4v) is 3.94. The van der Waals surface area contributed by atoms with Gasteiger partial charge in [0.05, 0.1) is 14.2 Å². The molecule has 0 atom stereocenters. The van der Waals surface area contributed by atoms with Gasteiger partial charge in [-0.05, 0) is 37.6 Å². The highest BCUT2D eigenvalue weighted by molar-refractivity contribution is 6.01. The van der Waals surface area contributed by atoms with Crippen molar-refractivity contribution in [2.45, 2.75) is 20.3 Å². The molecule has 1 amide bonds. The van der Waals surface area contributed by atoms with E-state index in [4.69, 9.17) is 14.9 Å². The lowest BCUT2D eigenvalue weighted by atomic mass is 10.0. The van der Waals surface area contributed by atoms with E-state index in [1.165, 1.54) is 0 Å². The van der Waals surface area contributed by atoms with E-state index in [1.54, 1.807) is 21.1 Å². The van der Waals surface area contributed by atoms with E-state index in [0.717, 1.165) is 35.6 Å². The van der Waals surface area contributed by atoms with Gasteiger partial charge in [0.2, 0.25) is 5.91 Å². The smallest absolute Gasteiger partial charge is 0.244 e. The van der Waals surface area contributed by atoms with Gasteiger partial charge in [0.1, 0.15) is 6.54 Å². The molecule has 1 saturated heterocycles. The molecule has 0 unspecified atom stereocenters. The van der Waals surface area contributed by atoms with E-state index in [9.17, 15) is 4.79 Å². The Labute approximate surface area is 190 Å². The van der Waals surface area contributed by atoms with Crippen LogP contribution in [0.3, 0.4) is 0 Å². The van der Waals surface area contributed by atoms with E-state index in [2.05, 4.69) is 22.0 Å². The molecule has 1 fully saturated rings. The first-order valence-electron chi connectivity index (χ1n) is 10.8. The molecule has 32 heavy (non-hydrogen) atoms. The van der Waals surface area contributed by atoms with Gasteiger partial charge in [-0.25, -0.2) is 0 Å². The van der Waals surface area contributed by atoms with E-state index in [-0.39, 0.29) is 12.5 Å². The molecule has 0 aromatic heterocycles. The molecule has 0 aliphatic carbocycles. The van der Waals surface area contributed by atoms with Crippen molar-refractivity contribution in [3.8, 4) is 22.6 Å². The van der Waals surface area contributed by atoms with Crippen LogP contribution in [0.5, 0.6) is 11.5 Å². The number of anilines is 1. The van der Waals surface area contributed by atoms with Gasteiger partial charge in [-0.2, -0.15) is 0 Å². The van der Waals surface area contributed by atoms with Crippen molar-refractivity contribution >= 4 is 23.0 Å². The normalized spacial score (nSPS) is 14.3. The van der Waals surface area contributed by atoms with Gasteiger partial charge in [-0.3, -0.25) is 9.79 Å². The fourth-order valence-electron chi connectivity index (χ4n) is 3.94. The summed E-state index contributed by atoms with van der Waals surface area (Å²) >= 11 is 0. The number of para-hydroxylation sites is 1. The molecule has 7 nitrogen and oxygen atoms in total. The van der Waals surface area contributed by atoms with Crippen LogP contribution in [0, 0.1) is 5.41 Å². The molecule has 1 aliphatic rings. The van der Waals surface area contributed by atoms with Crippen molar-refractivity contribution in [2.75, 3.05) is 51.8 Å². The second-order valence-corrected chi connectivity index (χ2v) is 7.96. The number of ether oxygens (including phenoxy) is 2. The number of rotatable bonds is 8. The average molecular weight is 437 g/mol. The minimum absolute atomic E-state index is 0.0415. The highest BCUT2D eigenvalue weighted by Crippen LogP contribution is 2.36. The number of benzene rings is 2. The fraction of sp³-hybridized carbons (Fsp3) is 0.400. The number of methoxy groups -OCH3 is 2. The maximum atomic E-state index is 12.6. The number of carbonyl (C=O) groups excluding carboxylic acids is 1. The minimum Gasteiger partial charge on any atom is -0.493 e. The Hall–Kier alpha value is -3.35. The van der Waals surface area contributed by atoms with Crippen LogP contribution >= 0.6 is 0 Å². The van der Waals surface area contributed by atoms with Gasteiger partial charge in [0, 0.05) is 55.3 Å². The Balaban J connectivity index is 1.69. The van der Waals surface area contributed by atoms with Crippen molar-refractivity contribution in [1.29, 1.82) is 5.41 Å². The molecule has 170 valence electrons. The van der Waals surface area contributed by atoms with E-state index >= 15 is 0 Å². The summed E-state index contributed by atoms with van der Waals surface area (Å²) in [5.41, 5.74) is 4.70. The Kier molecular flexibility index (Phi) is 7.87. The van der Waals surface area contributed by atoms with Crippen LogP contribution in [-0.2, 0) is 4.79 Å². The molecule has 0 spiro atoms. The zero-order valence-electron chi connectivity index (χ0n) is 19.4. The van der Waals surface area contributed by atoms with Crippen LogP contribution in [-0.4, -0.2) is 69.2 Å². The number of hydrogen-bond acceptors (Lipinski definition) is 6. The largest absolute Gasteiger partial charge is 0.493 e. The van der Waals surface area contributed by atoms with E-state index < -0.39 is 0 Å². The third-order valence-corrected chi connectivity index (χ3v) is 5.58. The van der Waals surface area contributed by atoms with Crippen molar-refractivity contribution in [3.05, 3.63) is 42.5 Å². The maximum Gasteiger partial charge on any atom is 0.244 e. The van der Waals surface area contributed by atoms with Crippen molar-refractivity contribution in [3.63, 3.8) is 0 Å². The molecule has 0 radical (unpaired) electrons. The third kappa shape index (κ3) is 5.66. The topological polar surface area (TPSA) is 78.2 Å². The number of piperazine rings is 1. The molecule has 2 aromatic carbocycles. The molecular formula is C25H32N4O3. The van der Waals surface area contributed by atoms with Gasteiger partial charge >= 0.3 is 0 Å². The Morgan fingerprint density at radius 2 is 1.69 bits per heavy atom. The summed E-state index contributed by atoms with van der Waals surface area (Å²) in [6.07, 6.45) is 0.522. The molecule has 1 aliphatic heterocycles. The van der Waals surface area contributed by atoms with Crippen LogP contribution in [0.2, 0.25) is 0 Å². The standard InChI is InChI=1S/C25H32N4O3/c1-18(26)15-19(2)27-17-25(30)29-13-11-28(12-14-29)22-8-6-5-7-21(22)20-9-10-23(31-3)24(16-20)32-4/h5-10,16,26H,11-15,17H2,1-4H3. The van der Waals surface area contributed by atoms with E-state index in [1.807, 2.05) is 42.2 Å². The number of hydrogen-bond donors (Lipinski definition) is 1. The second kappa shape index (κ2) is 10.8. The molecule has 0 saturated carbocycles. The predicted octanol–water partition coefficient (Wildman–Crippen LogP) is 3.91. The Morgan fingerprint density at radius 1 is 1.00 bits per heavy atom. The van der Waals surface area contributed by atoms with Crippen molar-refractivity contribution in [2.24, 2.45) is 4.99 Å². The third-order valence-electron chi connectivity index (χ3n) is 5.58. The summed E-state index contributed by atoms with van der Waals surface area (Å²) in [5.74, 6) is 1.44. The van der Waals surface area contributed by atoms with Crippen LogP contribution in [0.4, 0.5) is 5.69 Å². The van der Waals surface area contributed by atoms with Crippen LogP contribution in [0.25, 0.3) is 11.1 Å². The number of carbonyl (C=O) groups is 1. The maximum absolute atomic E-state index is 12.6. The molecule has 7 heteroatoms. The predicted molar refractivity (Wildman–Crippen MR) is 130 cm³/mol. The lowest BCUT2D eigenvalue weighted by molar-refractivity contribution is -0.129. The van der Waals surface area contributed by atoms with Gasteiger partial charge < -0.3 is 24.7 Å². The quantitative estimate of drug-likeness (QED) is 0.637. The second-order valence-electron chi connectivity index (χ2n) is 7.96. The van der Waals surface area contributed by atoms with Gasteiger partial charge in [-0.15, -0.1) is 0 Å². The lowest BCUT2D eigenvalue weighted by Crippen LogP contribution is -2.49. The summed E-state index contributed by atoms with van der Waals surface area (Å²) in [6.45, 7) is 6.63. The molecule has 1 heterocycles. The first-order valence-corrected chi connectivity index (χ1v) is 10.8. The van der Waals surface area contributed by atoms with E-state index in [0.29, 0.717) is 36.7 Å². The highest BCUT2D eigenvalue weighted by atomic mass is 16.5. The summed E-state index contributed by atoms with van der Waals surface area (Å²) in [6, 6.07) is 14.3. The molecule has 0 bridgehead atoms. The molecule has 1 N–H and O–H groups in total. The summed E-state index contributed by atoms with van der Waals surface area (Å²) in [5, 5.41) is 7.54. The Bertz CT molecular complexity index is 994. The van der Waals surface area contributed by atoms with Gasteiger partial charge in [-0.1, -0.05) is 24.3 Å². The van der Waals surface area contributed by atoms with Crippen LogP contribution in [0.15, 0.2) is 47.5 Å². The summed E-state index contributed by atoms with van der Waals surface area (Å²) in [4.78, 5) is 21.1. The first kappa shape index (κ1) is 23.3. The van der Waals surface area contributed by atoms with Crippen molar-refractivity contribution in [1.82, 2.24) is 4.90 Å². The lowest BCUT2D eigenvalue weighted by Gasteiger charge is -2.37. The Morgan fingerprint density at radius 3 is 2.34 bits per heavy atom. The minimum atomic E-state index is 0.0415. The summed E-state index contributed by atoms with van der Waals surface area (Å²) < 4.78 is 10.8. The first-order chi connectivity index (χ1) is 15.4. The zero-order chi connectivity index (χ0) is 23.1. The SMILES string of the molecule is COc1ccc(-c2ccccc2N2CCN(C(=O)CN=C(C)CC(C)=N)CC2)cc1OC. The molecular weight excluding hydrogens is 404 g/mol. The van der Waals surface area contributed by atoms with Gasteiger partial charge in [0.25, 0.3) is 0 Å². The van der Waals surface area contributed by atoms with Crippen LogP contribution < -0.4 is 14.4 Å². The molecule has 3 rings (SSSR count). The summed E-state index contributed by atoms with van der Waals surface area (Å²) in [7, 11) is 3.27. The highest BCUT2D eigenvalue weighted by Gasteiger charge is 2.23. The number of nitrogens with one attached hydrogen (secondary N) is 1. The van der Waals surface area contributed by atoms with Crippen molar-refractivity contribution < 1.29 is 14.3 Å². The average Bonchev–Trinajstić information content (AvgIpc) is 2.81. The monoisotopic (exact) mass is 436 g/mol. The number of amides is 1. The number of nitrogens with zero attached hydrogens (tertiary/aromatic N) is 3. The van der Waals surface area contributed by atoms with Crippen LogP contribution in [0.1, 0.15) is 20.3 Å². The molecule has 2 aromatic rings.